The number of benzene rings is 1. The van der Waals surface area contributed by atoms with Crippen LogP contribution < -0.4 is 10.5 Å². The lowest BCUT2D eigenvalue weighted by Crippen LogP contribution is -2.41. The molecule has 30 heavy (non-hydrogen) atoms. The van der Waals surface area contributed by atoms with Crippen LogP contribution in [-0.2, 0) is 4.74 Å². The van der Waals surface area contributed by atoms with Gasteiger partial charge in [-0.3, -0.25) is 9.78 Å². The summed E-state index contributed by atoms with van der Waals surface area (Å²) in [7, 11) is 0. The molecule has 0 fully saturated rings. The summed E-state index contributed by atoms with van der Waals surface area (Å²) in [6, 6.07) is 5.99. The maximum absolute atomic E-state index is 13.9. The monoisotopic (exact) mass is 432 g/mol. The molecule has 3 rings (SSSR count). The van der Waals surface area contributed by atoms with Crippen LogP contribution in [0.3, 0.4) is 0 Å². The average molecular weight is 433 g/mol. The van der Waals surface area contributed by atoms with Crippen LogP contribution in [0.15, 0.2) is 41.5 Å². The number of aromatic nitrogens is 3. The van der Waals surface area contributed by atoms with Crippen LogP contribution in [0.25, 0.3) is 16.6 Å². The Hall–Kier alpha value is -3.00. The average Bonchev–Trinajstić information content (AvgIpc) is 2.64. The zero-order chi connectivity index (χ0) is 22.1. The first-order chi connectivity index (χ1) is 14.1. The highest BCUT2D eigenvalue weighted by Gasteiger charge is 2.28. The van der Waals surface area contributed by atoms with E-state index in [1.54, 1.807) is 39.0 Å². The maximum atomic E-state index is 13.9. The van der Waals surface area contributed by atoms with Crippen LogP contribution in [-0.4, -0.2) is 32.8 Å². The molecule has 0 spiro atoms. The molecule has 0 unspecified atom stereocenters. The Balaban J connectivity index is 2.34. The van der Waals surface area contributed by atoms with Crippen LogP contribution in [0.4, 0.5) is 15.1 Å². The zero-order valence-corrected chi connectivity index (χ0v) is 17.9. The number of carbonyl (C=O) groups is 1. The third-order valence-electron chi connectivity index (χ3n) is 4.08. The molecule has 0 bridgehead atoms. The molecule has 0 aliphatic heterocycles. The van der Waals surface area contributed by atoms with Gasteiger partial charge in [-0.05, 0) is 39.3 Å². The van der Waals surface area contributed by atoms with Crippen molar-refractivity contribution < 1.29 is 13.9 Å². The molecule has 7 nitrogen and oxygen atoms in total. The summed E-state index contributed by atoms with van der Waals surface area (Å²) in [4.78, 5) is 36.0. The fourth-order valence-corrected chi connectivity index (χ4v) is 3.18. The van der Waals surface area contributed by atoms with Crippen molar-refractivity contribution in [3.63, 3.8) is 0 Å². The first kappa shape index (κ1) is 21.7. The fraction of sp³-hybridized carbons (Fsp3) is 0.333. The Morgan fingerprint density at radius 1 is 1.30 bits per heavy atom. The summed E-state index contributed by atoms with van der Waals surface area (Å²) in [5, 5.41) is 0.363. The number of rotatable bonds is 4. The van der Waals surface area contributed by atoms with Crippen LogP contribution in [0, 0.1) is 5.82 Å². The quantitative estimate of drug-likeness (QED) is 0.595. The van der Waals surface area contributed by atoms with Gasteiger partial charge < -0.3 is 4.74 Å². The van der Waals surface area contributed by atoms with Gasteiger partial charge in [-0.25, -0.2) is 23.6 Å². The lowest BCUT2D eigenvalue weighted by Gasteiger charge is -2.28. The van der Waals surface area contributed by atoms with Crippen molar-refractivity contribution in [1.29, 1.82) is 0 Å². The minimum atomic E-state index is -0.755. The van der Waals surface area contributed by atoms with E-state index in [0.717, 1.165) is 16.8 Å². The molecular formula is C21H22ClFN4O3. The highest BCUT2D eigenvalue weighted by atomic mass is 35.5. The number of fused-ring (bicyclic) bond motifs is 1. The standard InChI is InChI=1S/C21H22ClFN4O3/c1-5-9-26(20(29)30-21(2,3)4)19-25-16-8-6-7-15(22)17(16)18(28)27(19)14-10-13(23)11-24-12-14/h6-8,10-12H,5,9H2,1-4H3. The molecule has 0 saturated carbocycles. The van der Waals surface area contributed by atoms with E-state index in [1.807, 2.05) is 6.92 Å². The van der Waals surface area contributed by atoms with Crippen molar-refractivity contribution in [3.8, 4) is 5.69 Å². The molecule has 0 atom stereocenters. The SMILES string of the molecule is CCCN(C(=O)OC(C)(C)C)c1nc2cccc(Cl)c2c(=O)n1-c1cncc(F)c1. The van der Waals surface area contributed by atoms with Crippen molar-refractivity contribution >= 4 is 34.5 Å². The molecule has 9 heteroatoms. The van der Waals surface area contributed by atoms with Crippen molar-refractivity contribution in [2.45, 2.75) is 39.7 Å². The first-order valence-corrected chi connectivity index (χ1v) is 9.83. The van der Waals surface area contributed by atoms with Gasteiger partial charge in [0.25, 0.3) is 5.56 Å². The third kappa shape index (κ3) is 4.43. The zero-order valence-electron chi connectivity index (χ0n) is 17.1. The number of anilines is 1. The lowest BCUT2D eigenvalue weighted by atomic mass is 10.2. The number of carbonyl (C=O) groups excluding carboxylic acids is 1. The second-order valence-electron chi connectivity index (χ2n) is 7.68. The molecule has 0 aliphatic carbocycles. The lowest BCUT2D eigenvalue weighted by molar-refractivity contribution is 0.0577. The van der Waals surface area contributed by atoms with Gasteiger partial charge in [0.15, 0.2) is 0 Å². The number of halogens is 2. The Morgan fingerprint density at radius 3 is 2.67 bits per heavy atom. The van der Waals surface area contributed by atoms with Gasteiger partial charge in [-0.1, -0.05) is 24.6 Å². The number of pyridine rings is 1. The molecule has 2 aromatic heterocycles. The Labute approximate surface area is 178 Å². The fourth-order valence-electron chi connectivity index (χ4n) is 2.93. The molecule has 2 heterocycles. The van der Waals surface area contributed by atoms with E-state index >= 15 is 0 Å². The van der Waals surface area contributed by atoms with Gasteiger partial charge >= 0.3 is 6.09 Å². The van der Waals surface area contributed by atoms with Crippen LogP contribution in [0.1, 0.15) is 34.1 Å². The summed E-state index contributed by atoms with van der Waals surface area (Å²) in [5.41, 5.74) is -0.867. The summed E-state index contributed by atoms with van der Waals surface area (Å²) in [5.74, 6) is -0.637. The number of hydrogen-bond donors (Lipinski definition) is 0. The molecule has 3 aromatic rings. The summed E-state index contributed by atoms with van der Waals surface area (Å²) in [6.45, 7) is 7.34. The van der Waals surface area contributed by atoms with E-state index in [0.29, 0.717) is 11.9 Å². The van der Waals surface area contributed by atoms with Crippen molar-refractivity contribution in [1.82, 2.24) is 14.5 Å². The predicted octanol–water partition coefficient (Wildman–Crippen LogP) is 4.72. The second-order valence-corrected chi connectivity index (χ2v) is 8.09. The normalized spacial score (nSPS) is 11.5. The topological polar surface area (TPSA) is 77.3 Å². The van der Waals surface area contributed by atoms with E-state index in [9.17, 15) is 14.0 Å². The molecule has 0 N–H and O–H groups in total. The van der Waals surface area contributed by atoms with E-state index in [-0.39, 0.29) is 28.6 Å². The third-order valence-corrected chi connectivity index (χ3v) is 4.40. The first-order valence-electron chi connectivity index (χ1n) is 9.45. The Morgan fingerprint density at radius 2 is 2.03 bits per heavy atom. The maximum Gasteiger partial charge on any atom is 0.417 e. The molecule has 0 radical (unpaired) electrons. The van der Waals surface area contributed by atoms with Crippen LogP contribution in [0.5, 0.6) is 0 Å². The predicted molar refractivity (Wildman–Crippen MR) is 114 cm³/mol. The highest BCUT2D eigenvalue weighted by molar-refractivity contribution is 6.35. The van der Waals surface area contributed by atoms with E-state index < -0.39 is 23.1 Å². The van der Waals surface area contributed by atoms with Crippen molar-refractivity contribution in [2.75, 3.05) is 11.4 Å². The minimum Gasteiger partial charge on any atom is -0.443 e. The van der Waals surface area contributed by atoms with Gasteiger partial charge in [0.2, 0.25) is 5.95 Å². The van der Waals surface area contributed by atoms with Gasteiger partial charge in [-0.15, -0.1) is 0 Å². The van der Waals surface area contributed by atoms with Gasteiger partial charge in [0, 0.05) is 12.6 Å². The summed E-state index contributed by atoms with van der Waals surface area (Å²) >= 11 is 6.25. The largest absolute Gasteiger partial charge is 0.443 e. The number of nitrogens with zero attached hydrogens (tertiary/aromatic N) is 4. The van der Waals surface area contributed by atoms with Crippen LogP contribution >= 0.6 is 11.6 Å². The molecular weight excluding hydrogens is 411 g/mol. The number of ether oxygens (including phenoxy) is 1. The second kappa shape index (κ2) is 8.39. The van der Waals surface area contributed by atoms with Gasteiger partial charge in [0.1, 0.15) is 11.4 Å². The van der Waals surface area contributed by atoms with Crippen molar-refractivity contribution in [2.24, 2.45) is 0 Å². The highest BCUT2D eigenvalue weighted by Crippen LogP contribution is 2.25. The van der Waals surface area contributed by atoms with Gasteiger partial charge in [-0.2, -0.15) is 0 Å². The van der Waals surface area contributed by atoms with E-state index in [1.165, 1.54) is 11.1 Å². The van der Waals surface area contributed by atoms with Crippen LogP contribution in [0.2, 0.25) is 5.02 Å². The number of amides is 1. The molecule has 0 aliphatic rings. The minimum absolute atomic E-state index is 0.00160. The summed E-state index contributed by atoms with van der Waals surface area (Å²) < 4.78 is 20.6. The Bertz CT molecular complexity index is 1160. The summed E-state index contributed by atoms with van der Waals surface area (Å²) in [6.07, 6.45) is 2.24. The van der Waals surface area contributed by atoms with Gasteiger partial charge in [0.05, 0.1) is 34.0 Å². The molecule has 158 valence electrons. The smallest absolute Gasteiger partial charge is 0.417 e. The van der Waals surface area contributed by atoms with E-state index in [2.05, 4.69) is 9.97 Å². The van der Waals surface area contributed by atoms with E-state index in [4.69, 9.17) is 16.3 Å². The number of hydrogen-bond acceptors (Lipinski definition) is 5. The molecule has 1 amide bonds. The Kier molecular flexibility index (Phi) is 6.07. The molecule has 0 saturated heterocycles. The molecule has 1 aromatic carbocycles. The van der Waals surface area contributed by atoms with Crippen molar-refractivity contribution in [3.05, 3.63) is 57.9 Å².